The molecule has 1 aliphatic rings. The molecule has 0 saturated heterocycles. The molecule has 2 N–H and O–H groups in total. The van der Waals surface area contributed by atoms with E-state index in [9.17, 15) is 0 Å². The second kappa shape index (κ2) is 4.41. The fourth-order valence-corrected chi connectivity index (χ4v) is 2.92. The Balaban J connectivity index is 1.86. The van der Waals surface area contributed by atoms with Gasteiger partial charge in [0.25, 0.3) is 0 Å². The highest BCUT2D eigenvalue weighted by atomic mass is 32.1. The van der Waals surface area contributed by atoms with Crippen molar-refractivity contribution < 1.29 is 4.74 Å². The third-order valence-electron chi connectivity index (χ3n) is 2.91. The van der Waals surface area contributed by atoms with Crippen LogP contribution >= 0.6 is 11.3 Å². The third kappa shape index (κ3) is 1.97. The van der Waals surface area contributed by atoms with Gasteiger partial charge in [0.15, 0.2) is 5.13 Å². The standard InChI is InChI=1S/C11H13N5OS/c1-17-10-4-9(13-6-14-10)16-3-2-7-8(5-16)18-11(12)15-7/h4,6H,2-3,5H2,1H3,(H2,12,15). The maximum atomic E-state index is 5.73. The Morgan fingerprint density at radius 3 is 3.17 bits per heavy atom. The Morgan fingerprint density at radius 1 is 1.44 bits per heavy atom. The van der Waals surface area contributed by atoms with E-state index in [0.29, 0.717) is 11.0 Å². The summed E-state index contributed by atoms with van der Waals surface area (Å²) in [6.45, 7) is 1.68. The van der Waals surface area contributed by atoms with E-state index in [1.54, 1.807) is 18.4 Å². The van der Waals surface area contributed by atoms with Gasteiger partial charge in [-0.15, -0.1) is 11.3 Å². The van der Waals surface area contributed by atoms with E-state index in [-0.39, 0.29) is 0 Å². The third-order valence-corrected chi connectivity index (χ3v) is 3.82. The Morgan fingerprint density at radius 2 is 2.33 bits per heavy atom. The normalized spacial score (nSPS) is 14.4. The number of nitrogens with zero attached hydrogens (tertiary/aromatic N) is 4. The molecule has 0 saturated carbocycles. The molecule has 0 fully saturated rings. The van der Waals surface area contributed by atoms with Gasteiger partial charge in [-0.1, -0.05) is 0 Å². The second-order valence-corrected chi connectivity index (χ2v) is 5.13. The summed E-state index contributed by atoms with van der Waals surface area (Å²) >= 11 is 1.55. The lowest BCUT2D eigenvalue weighted by Crippen LogP contribution is -2.30. The maximum absolute atomic E-state index is 5.73. The van der Waals surface area contributed by atoms with Gasteiger partial charge in [-0.05, 0) is 0 Å². The molecule has 18 heavy (non-hydrogen) atoms. The van der Waals surface area contributed by atoms with Crippen LogP contribution in [0.25, 0.3) is 0 Å². The summed E-state index contributed by atoms with van der Waals surface area (Å²) in [4.78, 5) is 16.0. The average Bonchev–Trinajstić information content (AvgIpc) is 2.77. The molecule has 0 amide bonds. The molecule has 94 valence electrons. The van der Waals surface area contributed by atoms with Crippen molar-refractivity contribution in [2.75, 3.05) is 24.3 Å². The van der Waals surface area contributed by atoms with E-state index in [2.05, 4.69) is 19.9 Å². The van der Waals surface area contributed by atoms with E-state index in [1.807, 2.05) is 6.07 Å². The molecule has 2 aromatic rings. The van der Waals surface area contributed by atoms with Crippen molar-refractivity contribution in [2.45, 2.75) is 13.0 Å². The predicted molar refractivity (Wildman–Crippen MR) is 69.9 cm³/mol. The van der Waals surface area contributed by atoms with E-state index in [0.717, 1.165) is 31.0 Å². The Labute approximate surface area is 108 Å². The molecule has 3 heterocycles. The Bertz CT molecular complexity index is 570. The van der Waals surface area contributed by atoms with Crippen molar-refractivity contribution in [1.82, 2.24) is 15.0 Å². The molecule has 0 radical (unpaired) electrons. The van der Waals surface area contributed by atoms with Crippen LogP contribution in [-0.4, -0.2) is 28.6 Å². The SMILES string of the molecule is COc1cc(N2CCc3nc(N)sc3C2)ncn1. The highest BCUT2D eigenvalue weighted by Crippen LogP contribution is 2.29. The lowest BCUT2D eigenvalue weighted by Gasteiger charge is -2.26. The minimum Gasteiger partial charge on any atom is -0.481 e. The first-order valence-electron chi connectivity index (χ1n) is 5.61. The van der Waals surface area contributed by atoms with Crippen molar-refractivity contribution in [2.24, 2.45) is 0 Å². The van der Waals surface area contributed by atoms with Gasteiger partial charge < -0.3 is 15.4 Å². The molecule has 6 nitrogen and oxygen atoms in total. The van der Waals surface area contributed by atoms with Crippen LogP contribution in [-0.2, 0) is 13.0 Å². The number of hydrogen-bond acceptors (Lipinski definition) is 7. The van der Waals surface area contributed by atoms with E-state index in [1.165, 1.54) is 11.2 Å². The number of anilines is 2. The number of nitrogen functional groups attached to an aromatic ring is 1. The van der Waals surface area contributed by atoms with Crippen LogP contribution < -0.4 is 15.4 Å². The number of methoxy groups -OCH3 is 1. The number of hydrogen-bond donors (Lipinski definition) is 1. The molecule has 0 aromatic carbocycles. The minimum atomic E-state index is 0.578. The molecule has 1 aliphatic heterocycles. The van der Waals surface area contributed by atoms with E-state index < -0.39 is 0 Å². The summed E-state index contributed by atoms with van der Waals surface area (Å²) in [5.74, 6) is 1.45. The van der Waals surface area contributed by atoms with Crippen molar-refractivity contribution in [1.29, 1.82) is 0 Å². The lowest BCUT2D eigenvalue weighted by molar-refractivity contribution is 0.396. The maximum Gasteiger partial charge on any atom is 0.218 e. The summed E-state index contributed by atoms with van der Waals surface area (Å²) in [6.07, 6.45) is 2.42. The van der Waals surface area contributed by atoms with E-state index in [4.69, 9.17) is 10.5 Å². The fraction of sp³-hybridized carbons (Fsp3) is 0.364. The predicted octanol–water partition coefficient (Wildman–Crippen LogP) is 1.09. The Kier molecular flexibility index (Phi) is 2.75. The first-order valence-corrected chi connectivity index (χ1v) is 6.43. The molecule has 0 unspecified atom stereocenters. The monoisotopic (exact) mass is 263 g/mol. The summed E-state index contributed by atoms with van der Waals surface area (Å²) in [7, 11) is 1.60. The summed E-state index contributed by atoms with van der Waals surface area (Å²) in [5.41, 5.74) is 6.85. The van der Waals surface area contributed by atoms with Gasteiger partial charge in [-0.25, -0.2) is 15.0 Å². The molecule has 3 rings (SSSR count). The van der Waals surface area contributed by atoms with Gasteiger partial charge in [0.05, 0.1) is 19.3 Å². The highest BCUT2D eigenvalue weighted by molar-refractivity contribution is 7.15. The van der Waals surface area contributed by atoms with Gasteiger partial charge in [0, 0.05) is 23.9 Å². The van der Waals surface area contributed by atoms with Crippen LogP contribution in [0.5, 0.6) is 5.88 Å². The molecule has 0 spiro atoms. The van der Waals surface area contributed by atoms with Crippen LogP contribution in [0.3, 0.4) is 0 Å². The largest absolute Gasteiger partial charge is 0.481 e. The van der Waals surface area contributed by atoms with Crippen molar-refractivity contribution in [3.63, 3.8) is 0 Å². The van der Waals surface area contributed by atoms with E-state index >= 15 is 0 Å². The molecule has 0 atom stereocenters. The average molecular weight is 263 g/mol. The van der Waals surface area contributed by atoms with Crippen molar-refractivity contribution in [3.8, 4) is 5.88 Å². The molecular formula is C11H13N5OS. The van der Waals surface area contributed by atoms with Crippen molar-refractivity contribution >= 4 is 22.3 Å². The van der Waals surface area contributed by atoms with Crippen LogP contribution in [0.1, 0.15) is 10.6 Å². The van der Waals surface area contributed by atoms with Crippen LogP contribution in [0, 0.1) is 0 Å². The molecule has 7 heteroatoms. The van der Waals surface area contributed by atoms with Crippen molar-refractivity contribution in [3.05, 3.63) is 23.0 Å². The highest BCUT2D eigenvalue weighted by Gasteiger charge is 2.21. The number of aromatic nitrogens is 3. The van der Waals surface area contributed by atoms with Gasteiger partial charge in [0.1, 0.15) is 12.1 Å². The van der Waals surface area contributed by atoms with Crippen LogP contribution in [0.4, 0.5) is 10.9 Å². The summed E-state index contributed by atoms with van der Waals surface area (Å²) < 4.78 is 5.11. The molecular weight excluding hydrogens is 250 g/mol. The first-order chi connectivity index (χ1) is 8.76. The number of fused-ring (bicyclic) bond motifs is 1. The molecule has 2 aromatic heterocycles. The number of rotatable bonds is 2. The number of thiazole rings is 1. The van der Waals surface area contributed by atoms with Crippen LogP contribution in [0.2, 0.25) is 0 Å². The fourth-order valence-electron chi connectivity index (χ4n) is 2.03. The van der Waals surface area contributed by atoms with Gasteiger partial charge in [-0.2, -0.15) is 0 Å². The molecule has 0 bridgehead atoms. The van der Waals surface area contributed by atoms with Gasteiger partial charge in [-0.3, -0.25) is 0 Å². The van der Waals surface area contributed by atoms with Crippen LogP contribution in [0.15, 0.2) is 12.4 Å². The minimum absolute atomic E-state index is 0.578. The topological polar surface area (TPSA) is 77.2 Å². The molecule has 0 aliphatic carbocycles. The summed E-state index contributed by atoms with van der Waals surface area (Å²) in [5, 5.41) is 0.641. The smallest absolute Gasteiger partial charge is 0.218 e. The lowest BCUT2D eigenvalue weighted by atomic mass is 10.2. The van der Waals surface area contributed by atoms with Gasteiger partial charge >= 0.3 is 0 Å². The zero-order valence-electron chi connectivity index (χ0n) is 9.96. The number of nitrogens with two attached hydrogens (primary N) is 1. The zero-order valence-corrected chi connectivity index (χ0v) is 10.8. The number of ether oxygens (including phenoxy) is 1. The Hall–Kier alpha value is -1.89. The quantitative estimate of drug-likeness (QED) is 0.874. The first kappa shape index (κ1) is 11.2. The zero-order chi connectivity index (χ0) is 12.5. The van der Waals surface area contributed by atoms with Gasteiger partial charge in [0.2, 0.25) is 5.88 Å². The second-order valence-electron chi connectivity index (χ2n) is 4.01. The summed E-state index contributed by atoms with van der Waals surface area (Å²) in [6, 6.07) is 1.84.